The van der Waals surface area contributed by atoms with Crippen molar-refractivity contribution in [2.24, 2.45) is 0 Å². The highest BCUT2D eigenvalue weighted by atomic mass is 16.3. The molecule has 0 bridgehead atoms. The molecule has 3 N–H and O–H groups in total. The molecule has 1 rings (SSSR count). The van der Waals surface area contributed by atoms with Gasteiger partial charge >= 0.3 is 0 Å². The Bertz CT molecular complexity index is 480. The first-order valence-corrected chi connectivity index (χ1v) is 5.35. The van der Waals surface area contributed by atoms with Gasteiger partial charge < -0.3 is 15.7 Å². The maximum absolute atomic E-state index is 11.6. The number of carbonyl (C=O) groups is 2. The summed E-state index contributed by atoms with van der Waals surface area (Å²) in [6.45, 7) is 0.462. The van der Waals surface area contributed by atoms with Crippen LogP contribution >= 0.6 is 0 Å². The van der Waals surface area contributed by atoms with Gasteiger partial charge in [0, 0.05) is 13.1 Å². The average molecular weight is 247 g/mol. The Hall–Kier alpha value is -2.55. The maximum atomic E-state index is 11.6. The monoisotopic (exact) mass is 247 g/mol. The van der Waals surface area contributed by atoms with Crippen LogP contribution in [0.2, 0.25) is 0 Å². The summed E-state index contributed by atoms with van der Waals surface area (Å²) in [7, 11) is 0. The maximum Gasteiger partial charge on any atom is 0.255 e. The van der Waals surface area contributed by atoms with Gasteiger partial charge in [0.1, 0.15) is 12.2 Å². The van der Waals surface area contributed by atoms with Gasteiger partial charge in [-0.25, -0.2) is 0 Å². The highest BCUT2D eigenvalue weighted by Crippen LogP contribution is 2.14. The van der Waals surface area contributed by atoms with E-state index in [0.717, 1.165) is 0 Å². The van der Waals surface area contributed by atoms with Crippen molar-refractivity contribution in [3.8, 4) is 11.8 Å². The molecule has 0 radical (unpaired) electrons. The Kier molecular flexibility index (Phi) is 5.19. The molecule has 6 heteroatoms. The van der Waals surface area contributed by atoms with Crippen molar-refractivity contribution < 1.29 is 14.7 Å². The van der Waals surface area contributed by atoms with Crippen LogP contribution in [0.5, 0.6) is 5.75 Å². The first-order chi connectivity index (χ1) is 8.65. The van der Waals surface area contributed by atoms with Gasteiger partial charge in [-0.1, -0.05) is 12.1 Å². The summed E-state index contributed by atoms with van der Waals surface area (Å²) < 4.78 is 0. The van der Waals surface area contributed by atoms with E-state index in [1.54, 1.807) is 18.2 Å². The highest BCUT2D eigenvalue weighted by molar-refractivity contribution is 5.96. The Labute approximate surface area is 104 Å². The van der Waals surface area contributed by atoms with E-state index in [1.165, 1.54) is 12.1 Å². The molecule has 0 aromatic heterocycles. The minimum absolute atomic E-state index is 0.0940. The van der Waals surface area contributed by atoms with Gasteiger partial charge in [0.25, 0.3) is 5.91 Å². The van der Waals surface area contributed by atoms with Crippen molar-refractivity contribution in [2.45, 2.75) is 6.42 Å². The van der Waals surface area contributed by atoms with E-state index in [1.807, 2.05) is 0 Å². The molecule has 0 saturated carbocycles. The molecule has 18 heavy (non-hydrogen) atoms. The lowest BCUT2D eigenvalue weighted by atomic mass is 10.2. The van der Waals surface area contributed by atoms with E-state index in [-0.39, 0.29) is 36.7 Å². The molecule has 6 nitrogen and oxygen atoms in total. The summed E-state index contributed by atoms with van der Waals surface area (Å²) in [4.78, 5) is 22.5. The Morgan fingerprint density at radius 2 is 1.89 bits per heavy atom. The van der Waals surface area contributed by atoms with Gasteiger partial charge in [-0.05, 0) is 12.1 Å². The number of para-hydroxylation sites is 1. The summed E-state index contributed by atoms with van der Waals surface area (Å²) >= 11 is 0. The number of benzene rings is 1. The number of phenols is 1. The Morgan fingerprint density at radius 1 is 1.22 bits per heavy atom. The number of carbonyl (C=O) groups excluding carboxylic acids is 2. The minimum atomic E-state index is -0.414. The lowest BCUT2D eigenvalue weighted by Crippen LogP contribution is -2.34. The number of nitrogens with zero attached hydrogens (tertiary/aromatic N) is 1. The van der Waals surface area contributed by atoms with Crippen molar-refractivity contribution >= 4 is 11.8 Å². The second-order valence-corrected chi connectivity index (χ2v) is 3.46. The molecule has 0 aliphatic carbocycles. The number of phenolic OH excluding ortho intramolecular Hbond substituents is 1. The fourth-order valence-electron chi connectivity index (χ4n) is 1.27. The van der Waals surface area contributed by atoms with Crippen molar-refractivity contribution in [1.82, 2.24) is 10.6 Å². The van der Waals surface area contributed by atoms with Gasteiger partial charge in [-0.15, -0.1) is 0 Å². The minimum Gasteiger partial charge on any atom is -0.507 e. The molecule has 2 amide bonds. The summed E-state index contributed by atoms with van der Waals surface area (Å²) in [5.41, 5.74) is 0.181. The third-order valence-electron chi connectivity index (χ3n) is 2.12. The zero-order chi connectivity index (χ0) is 13.4. The predicted octanol–water partition coefficient (Wildman–Crippen LogP) is 0.152. The number of nitrogens with one attached hydrogen (secondary N) is 2. The summed E-state index contributed by atoms with van der Waals surface area (Å²) in [5.74, 6) is -0.888. The number of hydrogen-bond donors (Lipinski definition) is 3. The van der Waals surface area contributed by atoms with Crippen LogP contribution in [0.15, 0.2) is 24.3 Å². The average Bonchev–Trinajstić information content (AvgIpc) is 2.35. The highest BCUT2D eigenvalue weighted by Gasteiger charge is 2.09. The fourth-order valence-corrected chi connectivity index (χ4v) is 1.27. The molecular formula is C12H13N3O3. The van der Waals surface area contributed by atoms with E-state index in [2.05, 4.69) is 10.6 Å². The van der Waals surface area contributed by atoms with Crippen LogP contribution in [-0.4, -0.2) is 30.0 Å². The SMILES string of the molecule is N#CCC(=O)NCCNC(=O)c1ccccc1O. The van der Waals surface area contributed by atoms with Crippen molar-refractivity contribution in [3.05, 3.63) is 29.8 Å². The summed E-state index contributed by atoms with van der Waals surface area (Å²) in [5, 5.41) is 22.7. The zero-order valence-corrected chi connectivity index (χ0v) is 9.64. The Morgan fingerprint density at radius 3 is 2.56 bits per heavy atom. The molecule has 0 spiro atoms. The molecule has 0 aliphatic rings. The quantitative estimate of drug-likeness (QED) is 0.644. The van der Waals surface area contributed by atoms with Crippen LogP contribution in [0.3, 0.4) is 0 Å². The lowest BCUT2D eigenvalue weighted by molar-refractivity contribution is -0.120. The van der Waals surface area contributed by atoms with Gasteiger partial charge in [-0.2, -0.15) is 5.26 Å². The van der Waals surface area contributed by atoms with Crippen LogP contribution < -0.4 is 10.6 Å². The molecule has 0 aliphatic heterocycles. The van der Waals surface area contributed by atoms with Crippen LogP contribution in [0.4, 0.5) is 0 Å². The van der Waals surface area contributed by atoms with Crippen LogP contribution in [0.1, 0.15) is 16.8 Å². The van der Waals surface area contributed by atoms with Gasteiger partial charge in [0.05, 0.1) is 11.6 Å². The largest absolute Gasteiger partial charge is 0.507 e. The Balaban J connectivity index is 2.33. The second kappa shape index (κ2) is 6.91. The molecule has 94 valence electrons. The van der Waals surface area contributed by atoms with Crippen molar-refractivity contribution in [1.29, 1.82) is 5.26 Å². The number of amides is 2. The molecule has 0 fully saturated rings. The van der Waals surface area contributed by atoms with Crippen LogP contribution in [0, 0.1) is 11.3 Å². The first-order valence-electron chi connectivity index (χ1n) is 5.35. The molecular weight excluding hydrogens is 234 g/mol. The van der Waals surface area contributed by atoms with E-state index >= 15 is 0 Å². The number of rotatable bonds is 5. The fraction of sp³-hybridized carbons (Fsp3) is 0.250. The van der Waals surface area contributed by atoms with E-state index < -0.39 is 5.91 Å². The predicted molar refractivity (Wildman–Crippen MR) is 63.7 cm³/mol. The standard InChI is InChI=1S/C12H13N3O3/c13-6-5-11(17)14-7-8-15-12(18)9-3-1-2-4-10(9)16/h1-4,16H,5,7-8H2,(H,14,17)(H,15,18). The second-order valence-electron chi connectivity index (χ2n) is 3.46. The van der Waals surface area contributed by atoms with Crippen molar-refractivity contribution in [2.75, 3.05) is 13.1 Å². The first kappa shape index (κ1) is 13.5. The smallest absolute Gasteiger partial charge is 0.255 e. The van der Waals surface area contributed by atoms with Gasteiger partial charge in [-0.3, -0.25) is 9.59 Å². The molecule has 0 unspecified atom stereocenters. The third-order valence-corrected chi connectivity index (χ3v) is 2.12. The van der Waals surface area contributed by atoms with E-state index in [0.29, 0.717) is 0 Å². The van der Waals surface area contributed by atoms with Gasteiger partial charge in [0.15, 0.2) is 0 Å². The summed E-state index contributed by atoms with van der Waals surface area (Å²) in [6.07, 6.45) is -0.201. The van der Waals surface area contributed by atoms with E-state index in [9.17, 15) is 14.7 Å². The van der Waals surface area contributed by atoms with Crippen LogP contribution in [0.25, 0.3) is 0 Å². The molecule has 0 atom stereocenters. The number of nitriles is 1. The third kappa shape index (κ3) is 4.14. The van der Waals surface area contributed by atoms with Crippen molar-refractivity contribution in [3.63, 3.8) is 0 Å². The normalized spacial score (nSPS) is 9.28. The molecule has 0 saturated heterocycles. The number of hydrogen-bond acceptors (Lipinski definition) is 4. The van der Waals surface area contributed by atoms with E-state index in [4.69, 9.17) is 5.26 Å². The molecule has 1 aromatic carbocycles. The number of aromatic hydroxyl groups is 1. The topological polar surface area (TPSA) is 102 Å². The lowest BCUT2D eigenvalue weighted by Gasteiger charge is -2.07. The summed E-state index contributed by atoms with van der Waals surface area (Å²) in [6, 6.07) is 7.90. The zero-order valence-electron chi connectivity index (χ0n) is 9.64. The molecule has 1 aromatic rings. The molecule has 0 heterocycles. The van der Waals surface area contributed by atoms with Crippen LogP contribution in [-0.2, 0) is 4.79 Å². The van der Waals surface area contributed by atoms with Gasteiger partial charge in [0.2, 0.25) is 5.91 Å².